The Balaban J connectivity index is 1.53. The fourth-order valence-electron chi connectivity index (χ4n) is 6.59. The number of ether oxygens (including phenoxy) is 1. The van der Waals surface area contributed by atoms with Gasteiger partial charge in [-0.3, -0.25) is 19.3 Å². The summed E-state index contributed by atoms with van der Waals surface area (Å²) in [6.07, 6.45) is 1.15. The van der Waals surface area contributed by atoms with Crippen molar-refractivity contribution < 1.29 is 32.6 Å². The number of carboxylic acids is 1. The molecular weight excluding hydrogens is 639 g/mol. The van der Waals surface area contributed by atoms with Gasteiger partial charge in [0.15, 0.2) is 0 Å². The van der Waals surface area contributed by atoms with Crippen LogP contribution >= 0.6 is 0 Å². The van der Waals surface area contributed by atoms with Crippen LogP contribution in [0.2, 0.25) is 0 Å². The summed E-state index contributed by atoms with van der Waals surface area (Å²) in [7, 11) is 1.58. The minimum absolute atomic E-state index is 0.00916. The summed E-state index contributed by atoms with van der Waals surface area (Å²) in [5.74, 6) is -1.96. The first-order chi connectivity index (χ1) is 23.2. The molecule has 0 unspecified atom stereocenters. The molecule has 1 amide bonds. The summed E-state index contributed by atoms with van der Waals surface area (Å²) < 4.78 is 50.4. The van der Waals surface area contributed by atoms with Crippen molar-refractivity contribution in [3.63, 3.8) is 0 Å². The van der Waals surface area contributed by atoms with Crippen LogP contribution in [0.1, 0.15) is 66.6 Å². The Bertz CT molecular complexity index is 1870. The second kappa shape index (κ2) is 14.6. The number of amides is 1. The second-order valence-corrected chi connectivity index (χ2v) is 13.2. The van der Waals surface area contributed by atoms with Crippen LogP contribution in [0.15, 0.2) is 59.9 Å². The van der Waals surface area contributed by atoms with Crippen LogP contribution in [0.4, 0.5) is 13.2 Å². The number of alkyl halides is 3. The van der Waals surface area contributed by atoms with Gasteiger partial charge in [-0.25, -0.2) is 4.98 Å². The van der Waals surface area contributed by atoms with Crippen molar-refractivity contribution in [1.82, 2.24) is 24.2 Å². The van der Waals surface area contributed by atoms with Gasteiger partial charge in [0.2, 0.25) is 5.91 Å². The molecule has 3 aromatic heterocycles. The van der Waals surface area contributed by atoms with E-state index >= 15 is 0 Å². The quantitative estimate of drug-likeness (QED) is 0.189. The van der Waals surface area contributed by atoms with Crippen LogP contribution in [0.25, 0.3) is 16.8 Å². The van der Waals surface area contributed by atoms with Crippen molar-refractivity contribution in [1.29, 1.82) is 0 Å². The van der Waals surface area contributed by atoms with Crippen LogP contribution < -0.4 is 10.9 Å². The Labute approximate surface area is 282 Å². The van der Waals surface area contributed by atoms with Gasteiger partial charge in [0.05, 0.1) is 24.1 Å². The number of imidazole rings is 1. The Morgan fingerprint density at radius 2 is 1.82 bits per heavy atom. The number of nitrogens with zero attached hydrogens (tertiary/aromatic N) is 4. The Morgan fingerprint density at radius 3 is 2.43 bits per heavy atom. The van der Waals surface area contributed by atoms with E-state index in [1.165, 1.54) is 0 Å². The van der Waals surface area contributed by atoms with Crippen molar-refractivity contribution in [3.05, 3.63) is 93.3 Å². The number of aryl methyl sites for hydroxylation is 2. The zero-order chi connectivity index (χ0) is 35.6. The lowest BCUT2D eigenvalue weighted by molar-refractivity contribution is -0.139. The molecular formula is C36H42F3N5O5. The summed E-state index contributed by atoms with van der Waals surface area (Å²) in [5, 5.41) is 12.8. The fourth-order valence-corrected chi connectivity index (χ4v) is 6.59. The smallest absolute Gasteiger partial charge is 0.416 e. The molecule has 0 bridgehead atoms. The zero-order valence-electron chi connectivity index (χ0n) is 28.3. The molecule has 49 heavy (non-hydrogen) atoms. The molecule has 4 heterocycles. The lowest BCUT2D eigenvalue weighted by Gasteiger charge is -2.38. The number of likely N-dealkylation sites (tertiary alicyclic amines) is 1. The van der Waals surface area contributed by atoms with E-state index in [4.69, 9.17) is 4.74 Å². The molecule has 4 aromatic rings. The van der Waals surface area contributed by atoms with E-state index in [0.717, 1.165) is 33.0 Å². The highest BCUT2D eigenvalue weighted by Crippen LogP contribution is 2.35. The molecule has 1 aromatic carbocycles. The third-order valence-electron chi connectivity index (χ3n) is 9.11. The highest BCUT2D eigenvalue weighted by molar-refractivity contribution is 5.84. The Hall–Kier alpha value is -4.49. The number of carboxylic acid groups (broad SMARTS) is 1. The minimum Gasteiger partial charge on any atom is -0.481 e. The molecule has 0 radical (unpaired) electrons. The summed E-state index contributed by atoms with van der Waals surface area (Å²) in [4.78, 5) is 46.1. The largest absolute Gasteiger partial charge is 0.481 e. The van der Waals surface area contributed by atoms with Gasteiger partial charge in [-0.15, -0.1) is 0 Å². The predicted octanol–water partition coefficient (Wildman–Crippen LogP) is 5.59. The Morgan fingerprint density at radius 1 is 1.12 bits per heavy atom. The number of carbonyl (C=O) groups excluding carboxylic acids is 1. The van der Waals surface area contributed by atoms with Gasteiger partial charge in [-0.05, 0) is 66.5 Å². The lowest BCUT2D eigenvalue weighted by Crippen LogP contribution is -2.52. The van der Waals surface area contributed by atoms with E-state index in [1.807, 2.05) is 56.9 Å². The number of hydrogen-bond donors (Lipinski definition) is 2. The van der Waals surface area contributed by atoms with Crippen LogP contribution in [0.5, 0.6) is 0 Å². The van der Waals surface area contributed by atoms with Gasteiger partial charge >= 0.3 is 12.1 Å². The number of pyridine rings is 2. The first-order valence-corrected chi connectivity index (χ1v) is 16.3. The molecule has 0 spiro atoms. The number of aromatic nitrogens is 3. The average molecular weight is 682 g/mol. The molecule has 0 saturated carbocycles. The summed E-state index contributed by atoms with van der Waals surface area (Å²) in [6.45, 7) is 9.13. The van der Waals surface area contributed by atoms with Crippen LogP contribution in [-0.2, 0) is 26.9 Å². The second-order valence-electron chi connectivity index (χ2n) is 13.2. The van der Waals surface area contributed by atoms with Gasteiger partial charge in [-0.2, -0.15) is 13.2 Å². The maximum atomic E-state index is 14.1. The molecule has 1 saturated heterocycles. The maximum Gasteiger partial charge on any atom is 0.416 e. The summed E-state index contributed by atoms with van der Waals surface area (Å²) >= 11 is 0. The standard InChI is InChI=1S/C36H42F3N5O5/c1-21(2)13-30(44-18-24(9-11-42-19-26(20-42)49-5)28(15-31(44)45)36(37,38)39)35(48)41-29(16-32(46)47)25-14-27(34-40-10-12-43(34)17-25)33-22(3)7-6-8-23(33)4/h6-8,10,12,14-15,17-18,21,26,29-30H,9,11,13,16,19-20H2,1-5H3,(H,41,48)(H,46,47)/t29-,30+/m0/s1. The molecule has 13 heteroatoms. The lowest BCUT2D eigenvalue weighted by atomic mass is 9.93. The number of rotatable bonds is 13. The van der Waals surface area contributed by atoms with Crippen molar-refractivity contribution in [3.8, 4) is 11.1 Å². The van der Waals surface area contributed by atoms with E-state index in [2.05, 4.69) is 10.3 Å². The molecule has 5 rings (SSSR count). The number of hydrogen-bond acceptors (Lipinski definition) is 6. The highest BCUT2D eigenvalue weighted by atomic mass is 19.4. The third-order valence-corrected chi connectivity index (χ3v) is 9.11. The highest BCUT2D eigenvalue weighted by Gasteiger charge is 2.36. The molecule has 2 N–H and O–H groups in total. The number of aliphatic carboxylic acids is 1. The monoisotopic (exact) mass is 681 g/mol. The number of halogens is 3. The van der Waals surface area contributed by atoms with E-state index in [1.54, 1.807) is 30.1 Å². The van der Waals surface area contributed by atoms with Crippen molar-refractivity contribution in [2.24, 2.45) is 5.92 Å². The average Bonchev–Trinajstić information content (AvgIpc) is 3.47. The minimum atomic E-state index is -4.76. The van der Waals surface area contributed by atoms with E-state index in [0.29, 0.717) is 36.9 Å². The molecule has 262 valence electrons. The molecule has 1 aliphatic heterocycles. The number of nitrogens with one attached hydrogen (secondary N) is 1. The molecule has 1 aliphatic rings. The molecule has 2 atom stereocenters. The fraction of sp³-hybridized carbons (Fsp3) is 0.444. The van der Waals surface area contributed by atoms with Gasteiger partial charge in [-0.1, -0.05) is 32.0 Å². The molecule has 1 fully saturated rings. The maximum absolute atomic E-state index is 14.1. The van der Waals surface area contributed by atoms with Gasteiger partial charge in [0.1, 0.15) is 11.7 Å². The zero-order valence-corrected chi connectivity index (χ0v) is 28.3. The summed E-state index contributed by atoms with van der Waals surface area (Å²) in [5.41, 5.74) is 2.71. The normalized spacial score (nSPS) is 15.4. The number of carbonyl (C=O) groups is 2. The topological polar surface area (TPSA) is 118 Å². The predicted molar refractivity (Wildman–Crippen MR) is 178 cm³/mol. The third kappa shape index (κ3) is 8.05. The van der Waals surface area contributed by atoms with Crippen LogP contribution in [-0.4, -0.2) is 68.7 Å². The first-order valence-electron chi connectivity index (χ1n) is 16.3. The van der Waals surface area contributed by atoms with E-state index in [9.17, 15) is 32.7 Å². The van der Waals surface area contributed by atoms with Crippen molar-refractivity contribution >= 4 is 17.5 Å². The van der Waals surface area contributed by atoms with Gasteiger partial charge < -0.3 is 24.1 Å². The van der Waals surface area contributed by atoms with Crippen molar-refractivity contribution in [2.45, 2.75) is 71.3 Å². The number of benzene rings is 1. The van der Waals surface area contributed by atoms with Crippen LogP contribution in [0.3, 0.4) is 0 Å². The van der Waals surface area contributed by atoms with Gasteiger partial charge in [0.25, 0.3) is 5.56 Å². The van der Waals surface area contributed by atoms with E-state index in [-0.39, 0.29) is 30.4 Å². The van der Waals surface area contributed by atoms with Gasteiger partial charge in [0, 0.05) is 63.2 Å². The number of methoxy groups -OCH3 is 1. The van der Waals surface area contributed by atoms with E-state index < -0.39 is 47.7 Å². The molecule has 0 aliphatic carbocycles. The molecule has 10 nitrogen and oxygen atoms in total. The number of fused-ring (bicyclic) bond motifs is 1. The SMILES string of the molecule is COC1CN(CCc2cn([C@H](CC(C)C)C(=O)N[C@@H](CC(=O)O)c3cc(-c4c(C)cccc4C)c4nccn4c3)c(=O)cc2C(F)(F)F)C1. The van der Waals surface area contributed by atoms with Crippen LogP contribution in [0, 0.1) is 19.8 Å². The van der Waals surface area contributed by atoms with Crippen molar-refractivity contribution in [2.75, 3.05) is 26.7 Å². The Kier molecular flexibility index (Phi) is 10.6. The first kappa shape index (κ1) is 35.8. The summed E-state index contributed by atoms with van der Waals surface area (Å²) in [6, 6.07) is 6.03.